The first-order chi connectivity index (χ1) is 9.56. The van der Waals surface area contributed by atoms with E-state index >= 15 is 0 Å². The maximum atomic E-state index is 11.8. The maximum absolute atomic E-state index is 11.8. The molecule has 0 aliphatic heterocycles. The fraction of sp³-hybridized carbons (Fsp3) is 0.188. The van der Waals surface area contributed by atoms with Crippen LogP contribution in [0.1, 0.15) is 11.1 Å². The predicted molar refractivity (Wildman–Crippen MR) is 83.7 cm³/mol. The van der Waals surface area contributed by atoms with Crippen LogP contribution in [0.2, 0.25) is 0 Å². The number of rotatable bonds is 4. The summed E-state index contributed by atoms with van der Waals surface area (Å²) in [6.45, 7) is 4.03. The molecule has 0 saturated carbocycles. The molecule has 1 amide bonds. The molecule has 20 heavy (non-hydrogen) atoms. The molecule has 0 aliphatic rings. The number of thiol groups is 1. The zero-order chi connectivity index (χ0) is 14.5. The number of ether oxygens (including phenoxy) is 1. The summed E-state index contributed by atoms with van der Waals surface area (Å²) in [6.07, 6.45) is 0. The summed E-state index contributed by atoms with van der Waals surface area (Å²) in [5.74, 6) is 0.493. The van der Waals surface area contributed by atoms with E-state index in [4.69, 9.17) is 4.74 Å². The highest BCUT2D eigenvalue weighted by molar-refractivity contribution is 7.80. The van der Waals surface area contributed by atoms with Crippen molar-refractivity contribution >= 4 is 24.2 Å². The molecule has 0 spiro atoms. The van der Waals surface area contributed by atoms with Gasteiger partial charge in [-0.3, -0.25) is 4.79 Å². The molecular formula is C16H17NO2S. The number of hydrogen-bond acceptors (Lipinski definition) is 3. The van der Waals surface area contributed by atoms with Crippen molar-refractivity contribution in [1.82, 2.24) is 0 Å². The summed E-state index contributed by atoms with van der Waals surface area (Å²) < 4.78 is 5.48. The van der Waals surface area contributed by atoms with Crippen LogP contribution in [0.15, 0.2) is 47.4 Å². The lowest BCUT2D eigenvalue weighted by molar-refractivity contribution is -0.118. The van der Waals surface area contributed by atoms with E-state index in [0.717, 1.165) is 10.5 Å². The second-order valence-electron chi connectivity index (χ2n) is 4.60. The Labute approximate surface area is 124 Å². The van der Waals surface area contributed by atoms with Gasteiger partial charge in [-0.25, -0.2) is 0 Å². The maximum Gasteiger partial charge on any atom is 0.262 e. The SMILES string of the molecule is Cc1ccc(OCC(=O)Nc2ccccc2S)cc1C. The fourth-order valence-corrected chi connectivity index (χ4v) is 1.93. The minimum absolute atomic E-state index is 0.0232. The normalized spacial score (nSPS) is 10.2. The molecule has 0 bridgehead atoms. The van der Waals surface area contributed by atoms with Gasteiger partial charge in [-0.15, -0.1) is 12.6 Å². The van der Waals surface area contributed by atoms with Crippen molar-refractivity contribution in [2.24, 2.45) is 0 Å². The number of anilines is 1. The van der Waals surface area contributed by atoms with E-state index in [1.165, 1.54) is 5.56 Å². The Morgan fingerprint density at radius 2 is 1.90 bits per heavy atom. The molecule has 104 valence electrons. The monoisotopic (exact) mass is 287 g/mol. The van der Waals surface area contributed by atoms with E-state index in [1.54, 1.807) is 6.07 Å². The molecule has 3 nitrogen and oxygen atoms in total. The fourth-order valence-electron chi connectivity index (χ4n) is 1.72. The molecule has 1 N–H and O–H groups in total. The molecule has 2 rings (SSSR count). The Morgan fingerprint density at radius 3 is 2.60 bits per heavy atom. The van der Waals surface area contributed by atoms with Crippen LogP contribution in [0.3, 0.4) is 0 Å². The van der Waals surface area contributed by atoms with Gasteiger partial charge >= 0.3 is 0 Å². The summed E-state index contributed by atoms with van der Waals surface area (Å²) in [5, 5.41) is 2.77. The van der Waals surface area contributed by atoms with Crippen LogP contribution >= 0.6 is 12.6 Å². The molecule has 2 aromatic rings. The van der Waals surface area contributed by atoms with Crippen molar-refractivity contribution < 1.29 is 9.53 Å². The average Bonchev–Trinajstić information content (AvgIpc) is 2.43. The molecule has 4 heteroatoms. The Morgan fingerprint density at radius 1 is 1.15 bits per heavy atom. The molecule has 0 aliphatic carbocycles. The number of para-hydroxylation sites is 1. The van der Waals surface area contributed by atoms with Gasteiger partial charge in [-0.2, -0.15) is 0 Å². The number of carbonyl (C=O) groups excluding carboxylic acids is 1. The Hall–Kier alpha value is -1.94. The number of hydrogen-bond donors (Lipinski definition) is 2. The van der Waals surface area contributed by atoms with Crippen molar-refractivity contribution in [2.75, 3.05) is 11.9 Å². The van der Waals surface area contributed by atoms with Gasteiger partial charge in [-0.1, -0.05) is 18.2 Å². The summed E-state index contributed by atoms with van der Waals surface area (Å²) in [6, 6.07) is 13.1. The quantitative estimate of drug-likeness (QED) is 0.843. The molecular weight excluding hydrogens is 270 g/mol. The topological polar surface area (TPSA) is 38.3 Å². The standard InChI is InChI=1S/C16H17NO2S/c1-11-7-8-13(9-12(11)2)19-10-16(18)17-14-5-3-4-6-15(14)20/h3-9,20H,10H2,1-2H3,(H,17,18). The first-order valence-corrected chi connectivity index (χ1v) is 6.79. The number of nitrogens with one attached hydrogen (secondary N) is 1. The van der Waals surface area contributed by atoms with Gasteiger partial charge in [0.15, 0.2) is 6.61 Å². The lowest BCUT2D eigenvalue weighted by atomic mass is 10.1. The van der Waals surface area contributed by atoms with E-state index in [-0.39, 0.29) is 12.5 Å². The Bertz CT molecular complexity index is 626. The largest absolute Gasteiger partial charge is 0.484 e. The summed E-state index contributed by atoms with van der Waals surface area (Å²) in [7, 11) is 0. The highest BCUT2D eigenvalue weighted by atomic mass is 32.1. The average molecular weight is 287 g/mol. The van der Waals surface area contributed by atoms with Crippen LogP contribution in [0, 0.1) is 13.8 Å². The van der Waals surface area contributed by atoms with Crippen LogP contribution in [0.25, 0.3) is 0 Å². The lowest BCUT2D eigenvalue weighted by Crippen LogP contribution is -2.20. The summed E-state index contributed by atoms with van der Waals surface area (Å²) >= 11 is 4.28. The molecule has 2 aromatic carbocycles. The number of benzene rings is 2. The van der Waals surface area contributed by atoms with Gasteiger partial charge in [0.25, 0.3) is 5.91 Å². The third-order valence-electron chi connectivity index (χ3n) is 3.03. The van der Waals surface area contributed by atoms with Gasteiger partial charge in [0.1, 0.15) is 5.75 Å². The van der Waals surface area contributed by atoms with E-state index in [9.17, 15) is 4.79 Å². The van der Waals surface area contributed by atoms with Gasteiger partial charge in [0.05, 0.1) is 5.69 Å². The number of amides is 1. The third-order valence-corrected chi connectivity index (χ3v) is 3.42. The zero-order valence-electron chi connectivity index (χ0n) is 11.5. The molecule has 0 saturated heterocycles. The smallest absolute Gasteiger partial charge is 0.262 e. The number of aryl methyl sites for hydroxylation is 2. The van der Waals surface area contributed by atoms with Gasteiger partial charge in [0.2, 0.25) is 0 Å². The first kappa shape index (κ1) is 14.5. The summed E-state index contributed by atoms with van der Waals surface area (Å²) in [4.78, 5) is 12.5. The van der Waals surface area contributed by atoms with E-state index in [0.29, 0.717) is 11.4 Å². The first-order valence-electron chi connectivity index (χ1n) is 6.34. The van der Waals surface area contributed by atoms with Crippen LogP contribution < -0.4 is 10.1 Å². The van der Waals surface area contributed by atoms with Crippen molar-refractivity contribution in [1.29, 1.82) is 0 Å². The Balaban J connectivity index is 1.92. The molecule has 0 radical (unpaired) electrons. The Kier molecular flexibility index (Phi) is 4.69. The second kappa shape index (κ2) is 6.48. The van der Waals surface area contributed by atoms with Crippen molar-refractivity contribution in [3.8, 4) is 5.75 Å². The lowest BCUT2D eigenvalue weighted by Gasteiger charge is -2.10. The van der Waals surface area contributed by atoms with Gasteiger partial charge in [-0.05, 0) is 49.2 Å². The zero-order valence-corrected chi connectivity index (χ0v) is 12.4. The van der Waals surface area contributed by atoms with Crippen LogP contribution in [0.5, 0.6) is 5.75 Å². The highest BCUT2D eigenvalue weighted by Gasteiger charge is 2.06. The van der Waals surface area contributed by atoms with Gasteiger partial charge < -0.3 is 10.1 Å². The predicted octanol–water partition coefficient (Wildman–Crippen LogP) is 3.61. The van der Waals surface area contributed by atoms with E-state index < -0.39 is 0 Å². The van der Waals surface area contributed by atoms with E-state index in [1.807, 2.05) is 50.2 Å². The minimum atomic E-state index is -0.204. The molecule has 0 aromatic heterocycles. The second-order valence-corrected chi connectivity index (χ2v) is 5.08. The van der Waals surface area contributed by atoms with Crippen molar-refractivity contribution in [3.05, 3.63) is 53.6 Å². The van der Waals surface area contributed by atoms with Crippen molar-refractivity contribution in [2.45, 2.75) is 18.7 Å². The minimum Gasteiger partial charge on any atom is -0.484 e. The van der Waals surface area contributed by atoms with E-state index in [2.05, 4.69) is 17.9 Å². The summed E-state index contributed by atoms with van der Waals surface area (Å²) in [5.41, 5.74) is 3.03. The van der Waals surface area contributed by atoms with Crippen LogP contribution in [-0.2, 0) is 4.79 Å². The van der Waals surface area contributed by atoms with Crippen LogP contribution in [-0.4, -0.2) is 12.5 Å². The van der Waals surface area contributed by atoms with Crippen LogP contribution in [0.4, 0.5) is 5.69 Å². The number of carbonyl (C=O) groups is 1. The molecule has 0 unspecified atom stereocenters. The van der Waals surface area contributed by atoms with Gasteiger partial charge in [0, 0.05) is 4.90 Å². The third kappa shape index (κ3) is 3.78. The molecule has 0 fully saturated rings. The molecule has 0 atom stereocenters. The molecule has 0 heterocycles. The van der Waals surface area contributed by atoms with Crippen molar-refractivity contribution in [3.63, 3.8) is 0 Å². The highest BCUT2D eigenvalue weighted by Crippen LogP contribution is 2.19.